The van der Waals surface area contributed by atoms with E-state index in [-0.39, 0.29) is 5.56 Å². The molecule has 0 unspecified atom stereocenters. The fourth-order valence-electron chi connectivity index (χ4n) is 3.81. The van der Waals surface area contributed by atoms with E-state index >= 15 is 0 Å². The Hall–Kier alpha value is -2.74. The summed E-state index contributed by atoms with van der Waals surface area (Å²) in [6.45, 7) is 6.41. The molecule has 3 aromatic rings. The molecule has 4 heterocycles. The van der Waals surface area contributed by atoms with Gasteiger partial charge in [0, 0.05) is 56.5 Å². The van der Waals surface area contributed by atoms with Gasteiger partial charge >= 0.3 is 0 Å². The fraction of sp³-hybridized carbons (Fsp3) is 0.474. The molecule has 8 nitrogen and oxygen atoms in total. The Morgan fingerprint density at radius 2 is 2.15 bits per heavy atom. The summed E-state index contributed by atoms with van der Waals surface area (Å²) in [5.41, 5.74) is 3.16. The van der Waals surface area contributed by atoms with Gasteiger partial charge in [-0.25, -0.2) is 15.0 Å². The molecular weight excluding hydrogens is 342 g/mol. The standard InChI is InChI=1S/C19H25N7O/c1-13-9-14(2)26-16(11-22-19(26)23-13)10-21-15-5-4-7-25(12-15)17-18(27)24(3)8-6-20-17/h6,8-9,11,15,21H,4-5,7,10,12H2,1-3H3/t15-/m0/s1. The Kier molecular flexibility index (Phi) is 4.65. The maximum atomic E-state index is 12.4. The van der Waals surface area contributed by atoms with Crippen LogP contribution in [0.15, 0.2) is 29.5 Å². The number of hydrogen-bond acceptors (Lipinski definition) is 6. The van der Waals surface area contributed by atoms with E-state index in [1.54, 1.807) is 24.0 Å². The van der Waals surface area contributed by atoms with Gasteiger partial charge in [0.05, 0.1) is 11.9 Å². The molecule has 27 heavy (non-hydrogen) atoms. The van der Waals surface area contributed by atoms with Crippen molar-refractivity contribution in [1.29, 1.82) is 0 Å². The van der Waals surface area contributed by atoms with Crippen molar-refractivity contribution in [1.82, 2.24) is 29.2 Å². The highest BCUT2D eigenvalue weighted by Crippen LogP contribution is 2.16. The number of aryl methyl sites for hydroxylation is 3. The van der Waals surface area contributed by atoms with Crippen molar-refractivity contribution in [2.24, 2.45) is 7.05 Å². The maximum Gasteiger partial charge on any atom is 0.293 e. The second-order valence-electron chi connectivity index (χ2n) is 7.26. The largest absolute Gasteiger partial charge is 0.350 e. The van der Waals surface area contributed by atoms with Gasteiger partial charge in [-0.2, -0.15) is 0 Å². The number of hydrogen-bond donors (Lipinski definition) is 1. The molecule has 0 saturated carbocycles. The number of nitrogens with one attached hydrogen (secondary N) is 1. The van der Waals surface area contributed by atoms with Crippen molar-refractivity contribution in [2.45, 2.75) is 39.3 Å². The van der Waals surface area contributed by atoms with E-state index in [1.807, 2.05) is 13.1 Å². The average molecular weight is 367 g/mol. The predicted octanol–water partition coefficient (Wildman–Crippen LogP) is 1.20. The molecule has 1 aliphatic rings. The highest BCUT2D eigenvalue weighted by Gasteiger charge is 2.23. The third kappa shape index (κ3) is 3.44. The normalized spacial score (nSPS) is 17.6. The maximum absolute atomic E-state index is 12.4. The zero-order valence-corrected chi connectivity index (χ0v) is 16.0. The van der Waals surface area contributed by atoms with E-state index in [1.165, 1.54) is 0 Å². The highest BCUT2D eigenvalue weighted by atomic mass is 16.1. The van der Waals surface area contributed by atoms with Crippen LogP contribution in [0, 0.1) is 13.8 Å². The van der Waals surface area contributed by atoms with E-state index in [9.17, 15) is 4.79 Å². The number of anilines is 1. The highest BCUT2D eigenvalue weighted by molar-refractivity contribution is 5.37. The minimum absolute atomic E-state index is 0.0444. The molecule has 1 aliphatic heterocycles. The second-order valence-corrected chi connectivity index (χ2v) is 7.26. The van der Waals surface area contributed by atoms with Crippen LogP contribution in [-0.2, 0) is 13.6 Å². The van der Waals surface area contributed by atoms with Crippen molar-refractivity contribution >= 4 is 11.6 Å². The molecule has 1 saturated heterocycles. The zero-order valence-electron chi connectivity index (χ0n) is 16.0. The van der Waals surface area contributed by atoms with E-state index in [4.69, 9.17) is 0 Å². The van der Waals surface area contributed by atoms with Crippen molar-refractivity contribution < 1.29 is 0 Å². The summed E-state index contributed by atoms with van der Waals surface area (Å²) in [4.78, 5) is 27.7. The lowest BCUT2D eigenvalue weighted by atomic mass is 10.1. The molecule has 1 atom stereocenters. The summed E-state index contributed by atoms with van der Waals surface area (Å²) in [6, 6.07) is 2.37. The van der Waals surface area contributed by atoms with Crippen LogP contribution in [0.4, 0.5) is 5.82 Å². The number of fused-ring (bicyclic) bond motifs is 1. The summed E-state index contributed by atoms with van der Waals surface area (Å²) in [7, 11) is 1.76. The number of aromatic nitrogens is 5. The minimum Gasteiger partial charge on any atom is -0.350 e. The van der Waals surface area contributed by atoms with Gasteiger partial charge in [0.15, 0.2) is 5.82 Å². The van der Waals surface area contributed by atoms with Gasteiger partial charge < -0.3 is 14.8 Å². The number of nitrogens with zero attached hydrogens (tertiary/aromatic N) is 6. The van der Waals surface area contributed by atoms with Crippen LogP contribution >= 0.6 is 0 Å². The molecule has 0 spiro atoms. The lowest BCUT2D eigenvalue weighted by Gasteiger charge is -2.33. The van der Waals surface area contributed by atoms with E-state index in [2.05, 4.69) is 42.6 Å². The van der Waals surface area contributed by atoms with E-state index in [0.717, 1.165) is 48.8 Å². The predicted molar refractivity (Wildman–Crippen MR) is 104 cm³/mol. The average Bonchev–Trinajstić information content (AvgIpc) is 3.05. The van der Waals surface area contributed by atoms with Crippen LogP contribution in [-0.4, -0.2) is 43.1 Å². The Labute approximate surface area is 157 Å². The molecule has 142 valence electrons. The van der Waals surface area contributed by atoms with Crippen molar-refractivity contribution in [2.75, 3.05) is 18.0 Å². The van der Waals surface area contributed by atoms with Crippen molar-refractivity contribution in [3.8, 4) is 0 Å². The Morgan fingerprint density at radius 1 is 1.30 bits per heavy atom. The topological polar surface area (TPSA) is 80.4 Å². The number of imidazole rings is 1. The molecule has 8 heteroatoms. The summed E-state index contributed by atoms with van der Waals surface area (Å²) >= 11 is 0. The summed E-state index contributed by atoms with van der Waals surface area (Å²) in [6.07, 6.45) is 7.37. The van der Waals surface area contributed by atoms with Gasteiger partial charge in [-0.3, -0.25) is 9.20 Å². The van der Waals surface area contributed by atoms with Crippen LogP contribution in [0.2, 0.25) is 0 Å². The van der Waals surface area contributed by atoms with Crippen LogP contribution in [0.25, 0.3) is 5.78 Å². The Bertz CT molecular complexity index is 1020. The van der Waals surface area contributed by atoms with Crippen molar-refractivity contribution in [3.63, 3.8) is 0 Å². The lowest BCUT2D eigenvalue weighted by Crippen LogP contribution is -2.47. The third-order valence-corrected chi connectivity index (χ3v) is 5.15. The van der Waals surface area contributed by atoms with Crippen LogP contribution in [0.3, 0.4) is 0 Å². The first-order chi connectivity index (χ1) is 13.0. The van der Waals surface area contributed by atoms with E-state index < -0.39 is 0 Å². The van der Waals surface area contributed by atoms with Gasteiger partial charge in [0.25, 0.3) is 5.56 Å². The quantitative estimate of drug-likeness (QED) is 0.746. The number of rotatable bonds is 4. The summed E-state index contributed by atoms with van der Waals surface area (Å²) < 4.78 is 3.67. The summed E-state index contributed by atoms with van der Waals surface area (Å²) in [5.74, 6) is 1.28. The SMILES string of the molecule is Cc1cc(C)n2c(CN[C@H]3CCCN(c4nccn(C)c4=O)C3)cnc2n1. The molecule has 0 aliphatic carbocycles. The third-order valence-electron chi connectivity index (χ3n) is 5.15. The molecule has 0 radical (unpaired) electrons. The van der Waals surface area contributed by atoms with E-state index in [0.29, 0.717) is 18.4 Å². The van der Waals surface area contributed by atoms with Crippen LogP contribution in [0.1, 0.15) is 29.9 Å². The first-order valence-electron chi connectivity index (χ1n) is 9.33. The molecule has 0 aromatic carbocycles. The Balaban J connectivity index is 1.48. The van der Waals surface area contributed by atoms with Gasteiger partial charge in [-0.1, -0.05) is 0 Å². The zero-order chi connectivity index (χ0) is 19.0. The molecule has 0 bridgehead atoms. The Morgan fingerprint density at radius 3 is 3.00 bits per heavy atom. The first-order valence-corrected chi connectivity index (χ1v) is 9.33. The van der Waals surface area contributed by atoms with Gasteiger partial charge in [-0.05, 0) is 32.8 Å². The second kappa shape index (κ2) is 7.11. The summed E-state index contributed by atoms with van der Waals surface area (Å²) in [5, 5.41) is 3.62. The lowest BCUT2D eigenvalue weighted by molar-refractivity contribution is 0.416. The van der Waals surface area contributed by atoms with Crippen LogP contribution < -0.4 is 15.8 Å². The molecule has 1 N–H and O–H groups in total. The molecule has 3 aromatic heterocycles. The van der Waals surface area contributed by atoms with Crippen molar-refractivity contribution in [3.05, 3.63) is 52.1 Å². The molecule has 4 rings (SSSR count). The van der Waals surface area contributed by atoms with Gasteiger partial charge in [0.1, 0.15) is 0 Å². The smallest absolute Gasteiger partial charge is 0.293 e. The molecule has 1 fully saturated rings. The fourth-order valence-corrected chi connectivity index (χ4v) is 3.81. The molecule has 0 amide bonds. The first kappa shape index (κ1) is 17.7. The monoisotopic (exact) mass is 367 g/mol. The minimum atomic E-state index is -0.0444. The number of piperidine rings is 1. The van der Waals surface area contributed by atoms with Crippen LogP contribution in [0.5, 0.6) is 0 Å². The molecular formula is C19H25N7O. The van der Waals surface area contributed by atoms with Gasteiger partial charge in [-0.15, -0.1) is 0 Å². The van der Waals surface area contributed by atoms with Gasteiger partial charge in [0.2, 0.25) is 5.78 Å².